The molecule has 1 fully saturated rings. The number of carboxylic acids is 1. The van der Waals surface area contributed by atoms with Crippen LogP contribution in [0.2, 0.25) is 0 Å². The van der Waals surface area contributed by atoms with Gasteiger partial charge in [0, 0.05) is 6.54 Å². The lowest BCUT2D eigenvalue weighted by molar-refractivity contribution is -0.141. The van der Waals surface area contributed by atoms with E-state index >= 15 is 0 Å². The number of nitrogens with zero attached hydrogens (tertiary/aromatic N) is 1. The summed E-state index contributed by atoms with van der Waals surface area (Å²) < 4.78 is 13.1. The van der Waals surface area contributed by atoms with Gasteiger partial charge in [0.15, 0.2) is 0 Å². The standard InChI is InChI=1S/C12H12FNO4/c13-7-3-4-10(15)8(6-7)11(16)14-5-1-2-9(14)12(17)18/h3-4,6,9,15H,1-2,5H2,(H,17,18). The highest BCUT2D eigenvalue weighted by molar-refractivity contribution is 5.99. The zero-order valence-electron chi connectivity index (χ0n) is 9.47. The Morgan fingerprint density at radius 1 is 1.39 bits per heavy atom. The average Bonchev–Trinajstić information content (AvgIpc) is 2.80. The number of hydrogen-bond donors (Lipinski definition) is 2. The Morgan fingerprint density at radius 2 is 2.11 bits per heavy atom. The van der Waals surface area contributed by atoms with E-state index in [-0.39, 0.29) is 11.3 Å². The Bertz CT molecular complexity index is 503. The maximum atomic E-state index is 13.1. The van der Waals surface area contributed by atoms with Crippen LogP contribution in [0.15, 0.2) is 18.2 Å². The van der Waals surface area contributed by atoms with E-state index in [1.165, 1.54) is 0 Å². The van der Waals surface area contributed by atoms with Gasteiger partial charge in [0.2, 0.25) is 0 Å². The number of phenols is 1. The Labute approximate surface area is 102 Å². The van der Waals surface area contributed by atoms with E-state index in [1.54, 1.807) is 0 Å². The third kappa shape index (κ3) is 2.13. The second-order valence-corrected chi connectivity index (χ2v) is 4.16. The molecular weight excluding hydrogens is 241 g/mol. The normalized spacial score (nSPS) is 18.9. The lowest BCUT2D eigenvalue weighted by Gasteiger charge is -2.21. The van der Waals surface area contributed by atoms with Gasteiger partial charge in [-0.1, -0.05) is 0 Å². The van der Waals surface area contributed by atoms with E-state index in [2.05, 4.69) is 0 Å². The maximum Gasteiger partial charge on any atom is 0.326 e. The molecule has 1 unspecified atom stereocenters. The number of aromatic hydroxyl groups is 1. The molecule has 6 heteroatoms. The largest absolute Gasteiger partial charge is 0.507 e. The molecule has 0 aliphatic carbocycles. The summed E-state index contributed by atoms with van der Waals surface area (Å²) in [6, 6.07) is 2.12. The minimum atomic E-state index is -1.09. The predicted molar refractivity (Wildman–Crippen MR) is 59.8 cm³/mol. The number of halogens is 1. The molecule has 1 atom stereocenters. The Morgan fingerprint density at radius 3 is 2.78 bits per heavy atom. The topological polar surface area (TPSA) is 77.8 Å². The van der Waals surface area contributed by atoms with Crippen molar-refractivity contribution in [3.8, 4) is 5.75 Å². The Hall–Kier alpha value is -2.11. The summed E-state index contributed by atoms with van der Waals surface area (Å²) in [6.45, 7) is 0.297. The number of likely N-dealkylation sites (tertiary alicyclic amines) is 1. The highest BCUT2D eigenvalue weighted by atomic mass is 19.1. The van der Waals surface area contributed by atoms with E-state index in [1.807, 2.05) is 0 Å². The molecule has 0 aromatic heterocycles. The summed E-state index contributed by atoms with van der Waals surface area (Å²) in [7, 11) is 0. The van der Waals surface area contributed by atoms with Gasteiger partial charge in [-0.15, -0.1) is 0 Å². The van der Waals surface area contributed by atoms with Crippen molar-refractivity contribution in [2.45, 2.75) is 18.9 Å². The molecule has 0 bridgehead atoms. The third-order valence-electron chi connectivity index (χ3n) is 2.99. The fraction of sp³-hybridized carbons (Fsp3) is 0.333. The summed E-state index contributed by atoms with van der Waals surface area (Å²) in [5.41, 5.74) is -0.205. The van der Waals surface area contributed by atoms with Gasteiger partial charge >= 0.3 is 5.97 Å². The van der Waals surface area contributed by atoms with Crippen LogP contribution in [0.5, 0.6) is 5.75 Å². The van der Waals surface area contributed by atoms with Crippen molar-refractivity contribution in [2.75, 3.05) is 6.54 Å². The first-order valence-electron chi connectivity index (χ1n) is 5.53. The molecule has 1 saturated heterocycles. The van der Waals surface area contributed by atoms with Gasteiger partial charge in [-0.05, 0) is 31.0 Å². The zero-order chi connectivity index (χ0) is 13.3. The van der Waals surface area contributed by atoms with Crippen molar-refractivity contribution in [2.24, 2.45) is 0 Å². The minimum Gasteiger partial charge on any atom is -0.507 e. The van der Waals surface area contributed by atoms with E-state index in [9.17, 15) is 19.1 Å². The van der Waals surface area contributed by atoms with Crippen LogP contribution in [0.3, 0.4) is 0 Å². The molecule has 2 rings (SSSR count). The molecular formula is C12H12FNO4. The van der Waals surface area contributed by atoms with Crippen LogP contribution in [0.25, 0.3) is 0 Å². The van der Waals surface area contributed by atoms with E-state index in [0.29, 0.717) is 19.4 Å². The van der Waals surface area contributed by atoms with Crippen molar-refractivity contribution in [3.63, 3.8) is 0 Å². The van der Waals surface area contributed by atoms with Gasteiger partial charge in [0.05, 0.1) is 5.56 Å². The molecule has 1 aromatic carbocycles. The van der Waals surface area contributed by atoms with Crippen LogP contribution >= 0.6 is 0 Å². The summed E-state index contributed by atoms with van der Waals surface area (Å²) in [6.07, 6.45) is 0.954. The van der Waals surface area contributed by atoms with Crippen LogP contribution < -0.4 is 0 Å². The fourth-order valence-electron chi connectivity index (χ4n) is 2.10. The van der Waals surface area contributed by atoms with Gasteiger partial charge in [-0.2, -0.15) is 0 Å². The molecule has 0 spiro atoms. The predicted octanol–water partition coefficient (Wildman–Crippen LogP) is 1.22. The van der Waals surface area contributed by atoms with Crippen molar-refractivity contribution >= 4 is 11.9 Å². The molecule has 0 radical (unpaired) electrons. The maximum absolute atomic E-state index is 13.1. The molecule has 96 valence electrons. The summed E-state index contributed by atoms with van der Waals surface area (Å²) in [5, 5.41) is 18.5. The molecule has 1 aliphatic rings. The minimum absolute atomic E-state index is 0.205. The second-order valence-electron chi connectivity index (χ2n) is 4.16. The number of rotatable bonds is 2. The van der Waals surface area contributed by atoms with Gasteiger partial charge in [0.1, 0.15) is 17.6 Å². The van der Waals surface area contributed by atoms with Crippen molar-refractivity contribution in [1.82, 2.24) is 4.90 Å². The first-order valence-corrected chi connectivity index (χ1v) is 5.53. The van der Waals surface area contributed by atoms with E-state index < -0.39 is 23.7 Å². The molecule has 1 aliphatic heterocycles. The molecule has 2 N–H and O–H groups in total. The second kappa shape index (κ2) is 4.64. The first kappa shape index (κ1) is 12.3. The van der Waals surface area contributed by atoms with E-state index in [0.717, 1.165) is 23.1 Å². The number of phenolic OH excluding ortho intramolecular Hbond substituents is 1. The molecule has 0 saturated carbocycles. The zero-order valence-corrected chi connectivity index (χ0v) is 9.47. The molecule has 1 heterocycles. The highest BCUT2D eigenvalue weighted by Gasteiger charge is 2.35. The van der Waals surface area contributed by atoms with Gasteiger partial charge < -0.3 is 15.1 Å². The van der Waals surface area contributed by atoms with Gasteiger partial charge in [-0.3, -0.25) is 4.79 Å². The van der Waals surface area contributed by atoms with Crippen LogP contribution in [-0.2, 0) is 4.79 Å². The quantitative estimate of drug-likeness (QED) is 0.830. The van der Waals surface area contributed by atoms with Crippen LogP contribution in [-0.4, -0.2) is 39.6 Å². The lowest BCUT2D eigenvalue weighted by Crippen LogP contribution is -2.40. The summed E-state index contributed by atoms with van der Waals surface area (Å²) >= 11 is 0. The molecule has 18 heavy (non-hydrogen) atoms. The molecule has 5 nitrogen and oxygen atoms in total. The van der Waals surface area contributed by atoms with Crippen LogP contribution in [0.4, 0.5) is 4.39 Å². The van der Waals surface area contributed by atoms with Gasteiger partial charge in [0.25, 0.3) is 5.91 Å². The van der Waals surface area contributed by atoms with Crippen LogP contribution in [0.1, 0.15) is 23.2 Å². The van der Waals surface area contributed by atoms with Crippen molar-refractivity contribution in [3.05, 3.63) is 29.6 Å². The monoisotopic (exact) mass is 253 g/mol. The SMILES string of the molecule is O=C(O)C1CCCN1C(=O)c1cc(F)ccc1O. The lowest BCUT2D eigenvalue weighted by atomic mass is 10.1. The smallest absolute Gasteiger partial charge is 0.326 e. The third-order valence-corrected chi connectivity index (χ3v) is 2.99. The molecule has 1 aromatic rings. The first-order chi connectivity index (χ1) is 8.50. The van der Waals surface area contributed by atoms with Crippen molar-refractivity contribution in [1.29, 1.82) is 0 Å². The number of aliphatic carboxylic acids is 1. The summed E-state index contributed by atoms with van der Waals surface area (Å²) in [5.74, 6) is -2.74. The summed E-state index contributed by atoms with van der Waals surface area (Å²) in [4.78, 5) is 24.2. The fourth-order valence-corrected chi connectivity index (χ4v) is 2.10. The Kier molecular flexibility index (Phi) is 3.18. The Balaban J connectivity index is 2.31. The number of hydrogen-bond acceptors (Lipinski definition) is 3. The number of carbonyl (C=O) groups is 2. The number of carbonyl (C=O) groups excluding carboxylic acids is 1. The van der Waals surface area contributed by atoms with Crippen molar-refractivity contribution < 1.29 is 24.2 Å². The highest BCUT2D eigenvalue weighted by Crippen LogP contribution is 2.25. The van der Waals surface area contributed by atoms with Gasteiger partial charge in [-0.25, -0.2) is 9.18 Å². The molecule has 1 amide bonds. The number of benzene rings is 1. The number of carboxylic acid groups (broad SMARTS) is 1. The van der Waals surface area contributed by atoms with E-state index in [4.69, 9.17) is 5.11 Å². The number of amides is 1. The van der Waals surface area contributed by atoms with Crippen LogP contribution in [0, 0.1) is 5.82 Å². The average molecular weight is 253 g/mol.